The van der Waals surface area contributed by atoms with Gasteiger partial charge in [0.1, 0.15) is 0 Å². The first kappa shape index (κ1) is 24.8. The van der Waals surface area contributed by atoms with Crippen molar-refractivity contribution >= 4 is 24.4 Å². The Labute approximate surface area is 194 Å². The van der Waals surface area contributed by atoms with E-state index in [0.29, 0.717) is 31.6 Å². The van der Waals surface area contributed by atoms with Gasteiger partial charge in [0.25, 0.3) is 0 Å². The van der Waals surface area contributed by atoms with E-state index in [2.05, 4.69) is 23.3 Å². The van der Waals surface area contributed by atoms with Gasteiger partial charge in [0, 0.05) is 28.7 Å². The minimum atomic E-state index is -3.87. The highest BCUT2D eigenvalue weighted by Crippen LogP contribution is 2.44. The van der Waals surface area contributed by atoms with Crippen LogP contribution in [0.1, 0.15) is 42.7 Å². The van der Waals surface area contributed by atoms with Crippen LogP contribution >= 0.6 is 7.60 Å². The zero-order valence-corrected chi connectivity index (χ0v) is 20.0. The zero-order valence-electron chi connectivity index (χ0n) is 19.1. The fraction of sp³-hybridized carbons (Fsp3) is 0.320. The number of nitrogens with two attached hydrogens (primary N) is 1. The van der Waals surface area contributed by atoms with Gasteiger partial charge in [-0.1, -0.05) is 54.9 Å². The van der Waals surface area contributed by atoms with Crippen molar-refractivity contribution < 1.29 is 23.8 Å². The van der Waals surface area contributed by atoms with Gasteiger partial charge >= 0.3 is 7.60 Å². The molecule has 1 heterocycles. The number of primary amides is 1. The van der Waals surface area contributed by atoms with Crippen LogP contribution in [0.4, 0.5) is 0 Å². The van der Waals surface area contributed by atoms with Crippen LogP contribution < -0.4 is 10.6 Å². The van der Waals surface area contributed by atoms with E-state index in [4.69, 9.17) is 15.3 Å². The molecule has 0 saturated carbocycles. The number of hydrogen-bond donors (Lipinski definition) is 2. The van der Waals surface area contributed by atoms with Crippen LogP contribution in [0.5, 0.6) is 5.75 Å². The maximum Gasteiger partial charge on any atom is 0.366 e. The van der Waals surface area contributed by atoms with Gasteiger partial charge in [-0.25, -0.2) is 0 Å². The number of carbonyl (C=O) groups excluding carboxylic acids is 1. The average molecular weight is 471 g/mol. The Bertz CT molecular complexity index is 1190. The molecule has 1 atom stereocenters. The molecule has 7 nitrogen and oxygen atoms in total. The monoisotopic (exact) mass is 470 g/mol. The molecule has 0 spiro atoms. The summed E-state index contributed by atoms with van der Waals surface area (Å²) in [6.45, 7) is 8.32. The number of nitrogens with zero attached hydrogens (tertiary/aromatic N) is 1. The highest BCUT2D eigenvalue weighted by molar-refractivity contribution is 7.52. The van der Waals surface area contributed by atoms with E-state index in [0.717, 1.165) is 33.3 Å². The summed E-state index contributed by atoms with van der Waals surface area (Å²) in [5.74, 6) is -0.114. The van der Waals surface area contributed by atoms with Crippen molar-refractivity contribution in [2.24, 2.45) is 5.73 Å². The third-order valence-corrected chi connectivity index (χ3v) is 6.80. The first-order valence-electron chi connectivity index (χ1n) is 11.1. The number of hydrogen-bond acceptors (Lipinski definition) is 4. The van der Waals surface area contributed by atoms with Crippen LogP contribution in [0, 0.1) is 0 Å². The molecule has 2 aromatic carbocycles. The Hall–Kier alpha value is -2.86. The summed E-state index contributed by atoms with van der Waals surface area (Å²) in [7, 11) is -3.87. The molecule has 3 N–H and O–H groups in total. The molecule has 1 unspecified atom stereocenters. The van der Waals surface area contributed by atoms with Crippen LogP contribution in [-0.2, 0) is 39.8 Å². The van der Waals surface area contributed by atoms with E-state index >= 15 is 0 Å². The molecule has 0 saturated heterocycles. The number of fused-ring (bicyclic) bond motifs is 1. The predicted molar refractivity (Wildman–Crippen MR) is 130 cm³/mol. The van der Waals surface area contributed by atoms with Gasteiger partial charge in [-0.15, -0.1) is 6.58 Å². The molecular weight excluding hydrogens is 439 g/mol. The highest BCUT2D eigenvalue weighted by Gasteiger charge is 2.25. The molecule has 1 amide bonds. The molecular formula is C25H31N2O5P. The van der Waals surface area contributed by atoms with Crippen LogP contribution in [0.15, 0.2) is 55.1 Å². The molecule has 176 valence electrons. The van der Waals surface area contributed by atoms with E-state index in [1.165, 1.54) is 0 Å². The summed E-state index contributed by atoms with van der Waals surface area (Å²) < 4.78 is 19.3. The molecule has 8 heteroatoms. The average Bonchev–Trinajstić information content (AvgIpc) is 3.06. The summed E-state index contributed by atoms with van der Waals surface area (Å²) in [6.07, 6.45) is 3.40. The normalized spacial score (nSPS) is 13.1. The predicted octanol–water partition coefficient (Wildman–Crippen LogP) is 4.91. The maximum atomic E-state index is 12.2. The van der Waals surface area contributed by atoms with Crippen molar-refractivity contribution in [2.45, 2.75) is 46.1 Å². The minimum Gasteiger partial charge on any atom is -0.369 e. The molecule has 1 aromatic heterocycles. The lowest BCUT2D eigenvalue weighted by Gasteiger charge is -2.14. The number of aromatic nitrogens is 1. The fourth-order valence-corrected chi connectivity index (χ4v) is 5.03. The number of allylic oxidation sites excluding steroid dienone is 1. The van der Waals surface area contributed by atoms with Crippen molar-refractivity contribution in [1.82, 2.24) is 4.57 Å². The molecule has 0 fully saturated rings. The number of rotatable bonds is 12. The molecule has 0 bridgehead atoms. The third-order valence-electron chi connectivity index (χ3n) is 5.48. The number of benzene rings is 2. The van der Waals surface area contributed by atoms with Crippen LogP contribution in [0.25, 0.3) is 10.9 Å². The van der Waals surface area contributed by atoms with Crippen molar-refractivity contribution in [3.8, 4) is 5.75 Å². The Morgan fingerprint density at radius 2 is 1.91 bits per heavy atom. The van der Waals surface area contributed by atoms with E-state index < -0.39 is 13.5 Å². The Balaban J connectivity index is 2.20. The van der Waals surface area contributed by atoms with E-state index in [1.807, 2.05) is 31.2 Å². The smallest absolute Gasteiger partial charge is 0.366 e. The summed E-state index contributed by atoms with van der Waals surface area (Å²) in [5, 5.41) is 0.839. The Morgan fingerprint density at radius 3 is 2.52 bits per heavy atom. The third kappa shape index (κ3) is 5.74. The lowest BCUT2D eigenvalue weighted by atomic mass is 9.98. The minimum absolute atomic E-state index is 0.00754. The Kier molecular flexibility index (Phi) is 8.14. The summed E-state index contributed by atoms with van der Waals surface area (Å²) >= 11 is 0. The van der Waals surface area contributed by atoms with Crippen LogP contribution in [-0.4, -0.2) is 21.5 Å². The van der Waals surface area contributed by atoms with Crippen molar-refractivity contribution in [1.29, 1.82) is 0 Å². The topological polar surface area (TPSA) is 104 Å². The van der Waals surface area contributed by atoms with Gasteiger partial charge in [-0.2, -0.15) is 0 Å². The van der Waals surface area contributed by atoms with Gasteiger partial charge in [-0.3, -0.25) is 9.36 Å². The van der Waals surface area contributed by atoms with Gasteiger partial charge in [0.2, 0.25) is 5.91 Å². The fourth-order valence-electron chi connectivity index (χ4n) is 4.19. The second-order valence-corrected chi connectivity index (χ2v) is 9.81. The first-order valence-corrected chi connectivity index (χ1v) is 12.8. The van der Waals surface area contributed by atoms with E-state index in [9.17, 15) is 14.3 Å². The van der Waals surface area contributed by atoms with E-state index in [1.54, 1.807) is 19.1 Å². The van der Waals surface area contributed by atoms with E-state index in [-0.39, 0.29) is 12.6 Å². The SMILES string of the molecule is C=CCc1c(OOP(=O)(O)CCC)ccc2c1c(CC(N)=O)c(CC)n2Cc1ccccc1. The molecule has 0 aliphatic heterocycles. The van der Waals surface area contributed by atoms with Gasteiger partial charge < -0.3 is 20.1 Å². The lowest BCUT2D eigenvalue weighted by molar-refractivity contribution is -0.117. The summed E-state index contributed by atoms with van der Waals surface area (Å²) in [5.41, 5.74) is 10.2. The number of amides is 1. The second-order valence-electron chi connectivity index (χ2n) is 7.94. The summed E-state index contributed by atoms with van der Waals surface area (Å²) in [4.78, 5) is 27.3. The largest absolute Gasteiger partial charge is 0.369 e. The van der Waals surface area contributed by atoms with Crippen molar-refractivity contribution in [3.63, 3.8) is 0 Å². The number of carbonyl (C=O) groups is 1. The van der Waals surface area contributed by atoms with Crippen molar-refractivity contribution in [3.05, 3.63) is 77.5 Å². The maximum absolute atomic E-state index is 12.2. The molecule has 3 aromatic rings. The van der Waals surface area contributed by atoms with Crippen LogP contribution in [0.2, 0.25) is 0 Å². The Morgan fingerprint density at radius 1 is 1.18 bits per heavy atom. The van der Waals surface area contributed by atoms with Crippen LogP contribution in [0.3, 0.4) is 0 Å². The summed E-state index contributed by atoms with van der Waals surface area (Å²) in [6, 6.07) is 13.7. The highest BCUT2D eigenvalue weighted by atomic mass is 31.2. The zero-order chi connectivity index (χ0) is 24.0. The van der Waals surface area contributed by atoms with Gasteiger partial charge in [0.15, 0.2) is 5.75 Å². The molecule has 0 aliphatic rings. The van der Waals surface area contributed by atoms with Gasteiger partial charge in [-0.05, 0) is 42.5 Å². The first-order chi connectivity index (χ1) is 15.8. The lowest BCUT2D eigenvalue weighted by Crippen LogP contribution is -2.15. The molecule has 0 aliphatic carbocycles. The van der Waals surface area contributed by atoms with Crippen molar-refractivity contribution in [2.75, 3.05) is 6.16 Å². The standard InChI is InChI=1S/C25H31N2O5P/c1-4-10-19-23(31-32-33(29,30)15-5-2)14-13-22-25(19)20(16-24(26)28)21(6-3)27(22)17-18-11-8-7-9-12-18/h4,7-9,11-14H,1,5-6,10,15-17H2,2-3H3,(H2,26,28)(H,29,30). The van der Waals surface area contributed by atoms with Gasteiger partial charge in [0.05, 0.1) is 12.6 Å². The quantitative estimate of drug-likeness (QED) is 0.169. The second kappa shape index (κ2) is 10.8. The molecule has 3 rings (SSSR count). The molecule has 33 heavy (non-hydrogen) atoms. The molecule has 0 radical (unpaired) electrons.